The van der Waals surface area contributed by atoms with E-state index < -0.39 is 0 Å². The van der Waals surface area contributed by atoms with Gasteiger partial charge in [-0.2, -0.15) is 0 Å². The number of nitrogens with one attached hydrogen (secondary N) is 1. The van der Waals surface area contributed by atoms with E-state index in [4.69, 9.17) is 5.73 Å². The van der Waals surface area contributed by atoms with E-state index in [1.54, 1.807) is 0 Å². The fourth-order valence-corrected chi connectivity index (χ4v) is 2.61. The Morgan fingerprint density at radius 3 is 1.95 bits per heavy atom. The number of hydrogen-bond acceptors (Lipinski definition) is 2. The number of nitrogens with two attached hydrogens (primary N) is 1. The van der Waals surface area contributed by atoms with Gasteiger partial charge in [-0.1, -0.05) is 58.9 Å². The third kappa shape index (κ3) is 4.05. The van der Waals surface area contributed by atoms with Gasteiger partial charge in [0, 0.05) is 6.04 Å². The van der Waals surface area contributed by atoms with Crippen molar-refractivity contribution in [1.82, 2.24) is 5.32 Å². The zero-order valence-electron chi connectivity index (χ0n) is 13.3. The van der Waals surface area contributed by atoms with E-state index in [2.05, 4.69) is 64.2 Å². The molecule has 0 radical (unpaired) electrons. The molecule has 0 saturated carbocycles. The monoisotopic (exact) mass is 262 g/mol. The third-order valence-corrected chi connectivity index (χ3v) is 4.00. The SMILES string of the molecule is CNC(c1ccc(C(C)(C)C)cc1)C(CN)C(C)C. The molecule has 0 aliphatic rings. The zero-order chi connectivity index (χ0) is 14.6. The van der Waals surface area contributed by atoms with E-state index in [1.807, 2.05) is 7.05 Å². The molecule has 0 fully saturated rings. The lowest BCUT2D eigenvalue weighted by molar-refractivity contribution is 0.299. The smallest absolute Gasteiger partial charge is 0.0360 e. The van der Waals surface area contributed by atoms with Crippen LogP contribution in [0.5, 0.6) is 0 Å². The van der Waals surface area contributed by atoms with Gasteiger partial charge in [0.2, 0.25) is 0 Å². The Morgan fingerprint density at radius 2 is 1.63 bits per heavy atom. The molecule has 1 aromatic carbocycles. The quantitative estimate of drug-likeness (QED) is 0.852. The van der Waals surface area contributed by atoms with E-state index in [9.17, 15) is 0 Å². The molecule has 0 amide bonds. The van der Waals surface area contributed by atoms with Gasteiger partial charge in [-0.15, -0.1) is 0 Å². The second-order valence-corrected chi connectivity index (χ2v) is 6.78. The fourth-order valence-electron chi connectivity index (χ4n) is 2.61. The molecule has 2 atom stereocenters. The summed E-state index contributed by atoms with van der Waals surface area (Å²) in [5.74, 6) is 1.04. The number of benzene rings is 1. The molecule has 0 aromatic heterocycles. The maximum absolute atomic E-state index is 5.95. The van der Waals surface area contributed by atoms with Crippen LogP contribution in [0.3, 0.4) is 0 Å². The Balaban J connectivity index is 3.00. The highest BCUT2D eigenvalue weighted by Crippen LogP contribution is 2.29. The van der Waals surface area contributed by atoms with Crippen molar-refractivity contribution < 1.29 is 0 Å². The van der Waals surface area contributed by atoms with Crippen LogP contribution in [0.15, 0.2) is 24.3 Å². The topological polar surface area (TPSA) is 38.0 Å². The molecule has 0 heterocycles. The first-order chi connectivity index (χ1) is 8.81. The highest BCUT2D eigenvalue weighted by molar-refractivity contribution is 5.29. The van der Waals surface area contributed by atoms with Gasteiger partial charge in [0.25, 0.3) is 0 Å². The predicted octanol–water partition coefficient (Wildman–Crippen LogP) is 3.48. The highest BCUT2D eigenvalue weighted by Gasteiger charge is 2.24. The molecule has 0 saturated heterocycles. The molecule has 0 aliphatic heterocycles. The molecule has 2 nitrogen and oxygen atoms in total. The van der Waals surface area contributed by atoms with E-state index in [-0.39, 0.29) is 5.41 Å². The summed E-state index contributed by atoms with van der Waals surface area (Å²) in [6.45, 7) is 11.9. The second kappa shape index (κ2) is 6.53. The van der Waals surface area contributed by atoms with Crippen LogP contribution >= 0.6 is 0 Å². The van der Waals surface area contributed by atoms with Gasteiger partial charge in [0.1, 0.15) is 0 Å². The fraction of sp³-hybridized carbons (Fsp3) is 0.647. The van der Waals surface area contributed by atoms with Gasteiger partial charge in [0.15, 0.2) is 0 Å². The molecule has 19 heavy (non-hydrogen) atoms. The molecule has 3 N–H and O–H groups in total. The van der Waals surface area contributed by atoms with Gasteiger partial charge in [-0.25, -0.2) is 0 Å². The van der Waals surface area contributed by atoms with Crippen molar-refractivity contribution in [3.8, 4) is 0 Å². The lowest BCUT2D eigenvalue weighted by atomic mass is 9.82. The lowest BCUT2D eigenvalue weighted by Crippen LogP contribution is -2.34. The van der Waals surface area contributed by atoms with Crippen LogP contribution in [-0.2, 0) is 5.41 Å². The van der Waals surface area contributed by atoms with Crippen molar-refractivity contribution >= 4 is 0 Å². The first kappa shape index (κ1) is 16.2. The van der Waals surface area contributed by atoms with Crippen molar-refractivity contribution in [2.24, 2.45) is 17.6 Å². The van der Waals surface area contributed by atoms with E-state index in [0.717, 1.165) is 0 Å². The summed E-state index contributed by atoms with van der Waals surface area (Å²) in [6.07, 6.45) is 0. The van der Waals surface area contributed by atoms with Crippen molar-refractivity contribution in [1.29, 1.82) is 0 Å². The van der Waals surface area contributed by atoms with Crippen LogP contribution in [-0.4, -0.2) is 13.6 Å². The average molecular weight is 262 g/mol. The summed E-state index contributed by atoms with van der Waals surface area (Å²) in [7, 11) is 2.02. The van der Waals surface area contributed by atoms with E-state index in [0.29, 0.717) is 24.4 Å². The summed E-state index contributed by atoms with van der Waals surface area (Å²) in [4.78, 5) is 0. The minimum atomic E-state index is 0.207. The van der Waals surface area contributed by atoms with Crippen molar-refractivity contribution in [3.05, 3.63) is 35.4 Å². The molecule has 1 aromatic rings. The highest BCUT2D eigenvalue weighted by atomic mass is 14.9. The third-order valence-electron chi connectivity index (χ3n) is 4.00. The molecule has 1 rings (SSSR count). The summed E-state index contributed by atoms with van der Waals surface area (Å²) in [5, 5.41) is 3.43. The second-order valence-electron chi connectivity index (χ2n) is 6.78. The molecule has 0 bridgehead atoms. The van der Waals surface area contributed by atoms with Crippen LogP contribution < -0.4 is 11.1 Å². The van der Waals surface area contributed by atoms with Crippen LogP contribution in [0.25, 0.3) is 0 Å². The summed E-state index contributed by atoms with van der Waals surface area (Å²) < 4.78 is 0. The molecule has 0 spiro atoms. The Labute approximate surface area is 118 Å². The van der Waals surface area contributed by atoms with Crippen LogP contribution in [0.2, 0.25) is 0 Å². The summed E-state index contributed by atoms with van der Waals surface area (Å²) in [6, 6.07) is 9.31. The van der Waals surface area contributed by atoms with Crippen LogP contribution in [0.1, 0.15) is 51.8 Å². The van der Waals surface area contributed by atoms with Gasteiger partial charge < -0.3 is 11.1 Å². The van der Waals surface area contributed by atoms with Crippen molar-refractivity contribution in [2.75, 3.05) is 13.6 Å². The molecular weight excluding hydrogens is 232 g/mol. The maximum Gasteiger partial charge on any atom is 0.0360 e. The number of hydrogen-bond donors (Lipinski definition) is 2. The molecule has 2 heteroatoms. The van der Waals surface area contributed by atoms with Gasteiger partial charge >= 0.3 is 0 Å². The Hall–Kier alpha value is -0.860. The Bertz CT molecular complexity index is 373. The molecule has 108 valence electrons. The van der Waals surface area contributed by atoms with Crippen LogP contribution in [0, 0.1) is 11.8 Å². The van der Waals surface area contributed by atoms with Gasteiger partial charge in [0.05, 0.1) is 0 Å². The zero-order valence-corrected chi connectivity index (χ0v) is 13.3. The predicted molar refractivity (Wildman–Crippen MR) is 84.3 cm³/mol. The van der Waals surface area contributed by atoms with Crippen molar-refractivity contribution in [3.63, 3.8) is 0 Å². The first-order valence-electron chi connectivity index (χ1n) is 7.29. The molecule has 0 aliphatic carbocycles. The van der Waals surface area contributed by atoms with Crippen LogP contribution in [0.4, 0.5) is 0 Å². The Morgan fingerprint density at radius 1 is 1.11 bits per heavy atom. The van der Waals surface area contributed by atoms with E-state index in [1.165, 1.54) is 11.1 Å². The number of rotatable bonds is 5. The molecular formula is C17H30N2. The first-order valence-corrected chi connectivity index (χ1v) is 7.29. The van der Waals surface area contributed by atoms with Crippen molar-refractivity contribution in [2.45, 2.75) is 46.1 Å². The minimum absolute atomic E-state index is 0.207. The summed E-state index contributed by atoms with van der Waals surface area (Å²) in [5.41, 5.74) is 8.86. The largest absolute Gasteiger partial charge is 0.330 e. The molecule has 2 unspecified atom stereocenters. The normalized spacial score (nSPS) is 15.6. The van der Waals surface area contributed by atoms with Gasteiger partial charge in [-0.3, -0.25) is 0 Å². The Kier molecular flexibility index (Phi) is 5.57. The summed E-state index contributed by atoms with van der Waals surface area (Å²) >= 11 is 0. The lowest BCUT2D eigenvalue weighted by Gasteiger charge is -2.30. The van der Waals surface area contributed by atoms with Gasteiger partial charge in [-0.05, 0) is 42.0 Å². The van der Waals surface area contributed by atoms with E-state index >= 15 is 0 Å². The average Bonchev–Trinajstić information content (AvgIpc) is 2.34. The maximum atomic E-state index is 5.95. The minimum Gasteiger partial charge on any atom is -0.330 e. The standard InChI is InChI=1S/C17H30N2/c1-12(2)15(11-18)16(19-6)13-7-9-14(10-8-13)17(3,4)5/h7-10,12,15-16,19H,11,18H2,1-6H3.